The van der Waals surface area contributed by atoms with Crippen LogP contribution in [0.25, 0.3) is 0 Å². The van der Waals surface area contributed by atoms with E-state index in [9.17, 15) is 40.7 Å². The molecule has 170 valence electrons. The predicted octanol–water partition coefficient (Wildman–Crippen LogP) is 0.485. The maximum Gasteiger partial charge on any atom is 0.270 e. The lowest BCUT2D eigenvalue weighted by molar-refractivity contribution is -0.385. The lowest BCUT2D eigenvalue weighted by atomic mass is 10.0. The Morgan fingerprint density at radius 1 is 0.750 bits per heavy atom. The zero-order chi connectivity index (χ0) is 23.7. The monoisotopic (exact) mass is 446 g/mol. The molecule has 0 aliphatic carbocycles. The number of hydrogen-bond donors (Lipinski definition) is 4. The van der Waals surface area contributed by atoms with E-state index in [4.69, 9.17) is 0 Å². The summed E-state index contributed by atoms with van der Waals surface area (Å²) < 4.78 is 0. The fourth-order valence-electron chi connectivity index (χ4n) is 2.64. The standard InChI is InChI=1S/C20H22N4O8/c25-17(11-21-9-13-3-1-5-15(7-13)23(29)30)19(27)20(28)18(26)12-22-10-14-4-2-6-16(8-14)24(31)32/h1-10,17-20,25-28H,11-12H2/t17-,18-,19-,20-/m1/s1. The molecule has 0 saturated heterocycles. The maximum atomic E-state index is 10.8. The van der Waals surface area contributed by atoms with Crippen molar-refractivity contribution in [3.05, 3.63) is 79.9 Å². The minimum absolute atomic E-state index is 0.126. The largest absolute Gasteiger partial charge is 0.388 e. The van der Waals surface area contributed by atoms with Gasteiger partial charge in [0.25, 0.3) is 11.4 Å². The predicted molar refractivity (Wildman–Crippen MR) is 115 cm³/mol. The summed E-state index contributed by atoms with van der Waals surface area (Å²) in [4.78, 5) is 28.2. The van der Waals surface area contributed by atoms with Gasteiger partial charge in [0.1, 0.15) is 24.4 Å². The third-order valence-corrected chi connectivity index (χ3v) is 4.37. The number of hydrogen-bond acceptors (Lipinski definition) is 10. The van der Waals surface area contributed by atoms with Gasteiger partial charge in [0.15, 0.2) is 0 Å². The molecular weight excluding hydrogens is 424 g/mol. The lowest BCUT2D eigenvalue weighted by Crippen LogP contribution is -2.46. The molecule has 2 rings (SSSR count). The van der Waals surface area contributed by atoms with Crippen LogP contribution in [0.1, 0.15) is 11.1 Å². The van der Waals surface area contributed by atoms with Crippen molar-refractivity contribution in [2.75, 3.05) is 13.1 Å². The summed E-state index contributed by atoms with van der Waals surface area (Å²) in [5.74, 6) is 0. The molecule has 0 saturated carbocycles. The van der Waals surface area contributed by atoms with Crippen LogP contribution in [-0.2, 0) is 0 Å². The Labute approximate surface area is 182 Å². The Kier molecular flexibility index (Phi) is 9.04. The summed E-state index contributed by atoms with van der Waals surface area (Å²) in [6, 6.07) is 11.3. The molecule has 0 fully saturated rings. The number of aliphatic hydroxyl groups is 4. The highest BCUT2D eigenvalue weighted by Crippen LogP contribution is 2.13. The topological polar surface area (TPSA) is 192 Å². The van der Waals surface area contributed by atoms with Crippen molar-refractivity contribution in [3.8, 4) is 0 Å². The lowest BCUT2D eigenvalue weighted by Gasteiger charge is -2.24. The first-order valence-corrected chi connectivity index (χ1v) is 9.40. The average molecular weight is 446 g/mol. The quantitative estimate of drug-likeness (QED) is 0.217. The van der Waals surface area contributed by atoms with E-state index in [-0.39, 0.29) is 24.5 Å². The minimum Gasteiger partial charge on any atom is -0.388 e. The van der Waals surface area contributed by atoms with Crippen LogP contribution in [0.15, 0.2) is 58.5 Å². The van der Waals surface area contributed by atoms with Gasteiger partial charge in [0.05, 0.1) is 22.9 Å². The van der Waals surface area contributed by atoms with Crippen molar-refractivity contribution in [2.45, 2.75) is 24.4 Å². The van der Waals surface area contributed by atoms with Gasteiger partial charge in [-0.15, -0.1) is 0 Å². The second-order valence-electron chi connectivity index (χ2n) is 6.81. The third kappa shape index (κ3) is 7.28. The highest BCUT2D eigenvalue weighted by atomic mass is 16.6. The number of benzene rings is 2. The van der Waals surface area contributed by atoms with E-state index in [1.54, 1.807) is 12.1 Å². The molecule has 2 aromatic rings. The fourth-order valence-corrected chi connectivity index (χ4v) is 2.64. The van der Waals surface area contributed by atoms with E-state index in [0.29, 0.717) is 11.1 Å². The number of nitro groups is 2. The van der Waals surface area contributed by atoms with Crippen LogP contribution in [0.3, 0.4) is 0 Å². The summed E-state index contributed by atoms with van der Waals surface area (Å²) in [5.41, 5.74) is 0.575. The highest BCUT2D eigenvalue weighted by Gasteiger charge is 2.29. The van der Waals surface area contributed by atoms with Gasteiger partial charge in [0.2, 0.25) is 0 Å². The van der Waals surface area contributed by atoms with E-state index in [1.807, 2.05) is 0 Å². The molecular formula is C20H22N4O8. The molecule has 12 nitrogen and oxygen atoms in total. The molecule has 0 heterocycles. The molecule has 0 spiro atoms. The van der Waals surface area contributed by atoms with Gasteiger partial charge in [-0.2, -0.15) is 0 Å². The smallest absolute Gasteiger partial charge is 0.270 e. The van der Waals surface area contributed by atoms with Crippen LogP contribution in [0, 0.1) is 20.2 Å². The number of aliphatic hydroxyl groups excluding tert-OH is 4. The Morgan fingerprint density at radius 3 is 1.47 bits per heavy atom. The zero-order valence-corrected chi connectivity index (χ0v) is 16.7. The number of nitrogens with zero attached hydrogens (tertiary/aromatic N) is 4. The number of aliphatic imine (C=N–C) groups is 2. The van der Waals surface area contributed by atoms with Gasteiger partial charge in [0, 0.05) is 36.7 Å². The van der Waals surface area contributed by atoms with Gasteiger partial charge >= 0.3 is 0 Å². The Morgan fingerprint density at radius 2 is 1.12 bits per heavy atom. The minimum atomic E-state index is -1.74. The van der Waals surface area contributed by atoms with Gasteiger partial charge in [-0.1, -0.05) is 24.3 Å². The molecule has 32 heavy (non-hydrogen) atoms. The van der Waals surface area contributed by atoms with Crippen LogP contribution in [0.4, 0.5) is 11.4 Å². The second-order valence-corrected chi connectivity index (χ2v) is 6.81. The van der Waals surface area contributed by atoms with Crippen molar-refractivity contribution in [3.63, 3.8) is 0 Å². The molecule has 12 heteroatoms. The van der Waals surface area contributed by atoms with Gasteiger partial charge < -0.3 is 20.4 Å². The van der Waals surface area contributed by atoms with Gasteiger partial charge in [-0.05, 0) is 11.1 Å². The van der Waals surface area contributed by atoms with Crippen LogP contribution in [0.2, 0.25) is 0 Å². The van der Waals surface area contributed by atoms with Crippen LogP contribution < -0.4 is 0 Å². The molecule has 0 aliphatic rings. The first kappa shape index (κ1) is 24.7. The summed E-state index contributed by atoms with van der Waals surface area (Å²) in [6.45, 7) is -0.658. The van der Waals surface area contributed by atoms with Crippen molar-refractivity contribution < 1.29 is 30.3 Å². The van der Waals surface area contributed by atoms with Crippen LogP contribution >= 0.6 is 0 Å². The van der Waals surface area contributed by atoms with E-state index >= 15 is 0 Å². The molecule has 0 bridgehead atoms. The molecule has 4 N–H and O–H groups in total. The summed E-state index contributed by atoms with van der Waals surface area (Å²) >= 11 is 0. The van der Waals surface area contributed by atoms with E-state index in [2.05, 4.69) is 9.98 Å². The molecule has 0 aromatic heterocycles. The molecule has 0 amide bonds. The Balaban J connectivity index is 1.87. The van der Waals surface area contributed by atoms with Gasteiger partial charge in [-0.25, -0.2) is 0 Å². The summed E-state index contributed by atoms with van der Waals surface area (Å²) in [5, 5.41) is 61.6. The Hall–Kier alpha value is -3.58. The second kappa shape index (κ2) is 11.7. The van der Waals surface area contributed by atoms with Crippen molar-refractivity contribution >= 4 is 23.8 Å². The van der Waals surface area contributed by atoms with Crippen molar-refractivity contribution in [1.82, 2.24) is 0 Å². The average Bonchev–Trinajstić information content (AvgIpc) is 2.78. The molecule has 4 atom stereocenters. The summed E-state index contributed by atoms with van der Waals surface area (Å²) in [6.07, 6.45) is -3.96. The maximum absolute atomic E-state index is 10.8. The first-order chi connectivity index (χ1) is 15.2. The zero-order valence-electron chi connectivity index (χ0n) is 16.7. The van der Waals surface area contributed by atoms with E-state index in [1.165, 1.54) is 48.8 Å². The van der Waals surface area contributed by atoms with Crippen LogP contribution in [0.5, 0.6) is 0 Å². The fraction of sp³-hybridized carbons (Fsp3) is 0.300. The normalized spacial score (nSPS) is 15.5. The van der Waals surface area contributed by atoms with Crippen molar-refractivity contribution in [1.29, 1.82) is 0 Å². The van der Waals surface area contributed by atoms with Gasteiger partial charge in [-0.3, -0.25) is 30.2 Å². The van der Waals surface area contributed by atoms with Crippen LogP contribution in [-0.4, -0.2) is 80.2 Å². The van der Waals surface area contributed by atoms with E-state index < -0.39 is 34.3 Å². The number of nitro benzene ring substituents is 2. The number of rotatable bonds is 11. The molecule has 0 radical (unpaired) electrons. The van der Waals surface area contributed by atoms with E-state index in [0.717, 1.165) is 0 Å². The highest BCUT2D eigenvalue weighted by molar-refractivity contribution is 5.81. The molecule has 0 unspecified atom stereocenters. The molecule has 0 aliphatic heterocycles. The SMILES string of the molecule is O=[N+]([O-])c1cccc(C=NC[C@@H](O)[C@@H](O)[C@H](O)[C@H](O)CN=Cc2cccc([N+](=O)[O-])c2)c1. The Bertz CT molecular complexity index is 918. The first-order valence-electron chi connectivity index (χ1n) is 9.40. The van der Waals surface area contributed by atoms with Crippen molar-refractivity contribution in [2.24, 2.45) is 9.98 Å². The molecule has 2 aromatic carbocycles. The third-order valence-electron chi connectivity index (χ3n) is 4.37. The number of non-ortho nitro benzene ring substituents is 2. The summed E-state index contributed by atoms with van der Waals surface area (Å²) in [7, 11) is 0.